The number of piperazine rings is 1. The van der Waals surface area contributed by atoms with E-state index in [2.05, 4.69) is 15.2 Å². The van der Waals surface area contributed by atoms with E-state index in [0.717, 1.165) is 24.4 Å². The van der Waals surface area contributed by atoms with Crippen LogP contribution in [0.4, 0.5) is 0 Å². The van der Waals surface area contributed by atoms with Gasteiger partial charge in [-0.25, -0.2) is 4.98 Å². The normalized spacial score (nSPS) is 15.0. The van der Waals surface area contributed by atoms with Crippen LogP contribution in [-0.2, 0) is 16.1 Å². The van der Waals surface area contributed by atoms with E-state index in [1.807, 2.05) is 44.2 Å². The van der Waals surface area contributed by atoms with Crippen LogP contribution in [0.15, 0.2) is 40.9 Å². The number of hydrogen-bond acceptors (Lipinski definition) is 6. The number of amides is 2. The van der Waals surface area contributed by atoms with Gasteiger partial charge in [0.1, 0.15) is 0 Å². The number of aromatic nitrogens is 1. The van der Waals surface area contributed by atoms with E-state index in [1.165, 1.54) is 0 Å². The molecule has 10 heteroatoms. The molecule has 0 saturated carbocycles. The average molecular weight is 472 g/mol. The van der Waals surface area contributed by atoms with Gasteiger partial charge in [0.05, 0.1) is 25.3 Å². The van der Waals surface area contributed by atoms with E-state index in [1.54, 1.807) is 11.1 Å². The van der Waals surface area contributed by atoms with Crippen LogP contribution in [-0.4, -0.2) is 65.4 Å². The number of carbonyl (C=O) groups is 2. The lowest BCUT2D eigenvalue weighted by Gasteiger charge is -2.34. The highest BCUT2D eigenvalue weighted by Gasteiger charge is 2.24. The van der Waals surface area contributed by atoms with Crippen molar-refractivity contribution in [1.29, 1.82) is 0 Å². The topological polar surface area (TPSA) is 105 Å². The third kappa shape index (κ3) is 7.50. The van der Waals surface area contributed by atoms with Gasteiger partial charge in [0, 0.05) is 31.7 Å². The molecule has 2 aromatic rings. The summed E-state index contributed by atoms with van der Waals surface area (Å²) in [7, 11) is 0. The Morgan fingerprint density at radius 2 is 1.77 bits per heavy atom. The fourth-order valence-corrected chi connectivity index (χ4v) is 3.16. The average Bonchev–Trinajstić information content (AvgIpc) is 3.20. The Hall–Kier alpha value is -2.13. The lowest BCUT2D eigenvalue weighted by molar-refractivity contribution is -0.134. The molecule has 8 nitrogen and oxygen atoms in total. The second-order valence-electron chi connectivity index (χ2n) is 7.63. The summed E-state index contributed by atoms with van der Waals surface area (Å²) < 4.78 is 5.86. The third-order valence-electron chi connectivity index (χ3n) is 5.13. The maximum atomic E-state index is 12.3. The van der Waals surface area contributed by atoms with Crippen LogP contribution >= 0.6 is 24.8 Å². The molecule has 2 amide bonds. The number of rotatable bonds is 7. The van der Waals surface area contributed by atoms with E-state index < -0.39 is 6.04 Å². The van der Waals surface area contributed by atoms with Gasteiger partial charge in [-0.05, 0) is 5.92 Å². The Morgan fingerprint density at radius 3 is 2.39 bits per heavy atom. The Kier molecular flexibility index (Phi) is 11.0. The van der Waals surface area contributed by atoms with Gasteiger partial charge in [-0.1, -0.05) is 44.2 Å². The van der Waals surface area contributed by atoms with Crippen molar-refractivity contribution in [2.24, 2.45) is 11.7 Å². The fourth-order valence-electron chi connectivity index (χ4n) is 3.16. The Bertz CT molecular complexity index is 823. The molecular formula is C21H31Cl2N5O3. The highest BCUT2D eigenvalue weighted by Crippen LogP contribution is 2.20. The van der Waals surface area contributed by atoms with Gasteiger partial charge in [-0.15, -0.1) is 24.8 Å². The first-order chi connectivity index (χ1) is 13.9. The summed E-state index contributed by atoms with van der Waals surface area (Å²) in [6.07, 6.45) is 1.75. The van der Waals surface area contributed by atoms with Gasteiger partial charge >= 0.3 is 0 Å². The maximum absolute atomic E-state index is 12.3. The SMILES string of the molecule is CC(C)[C@H](N)C(=O)NCC(=O)N1CCN(Cc2ncc(-c3ccccc3)o2)CC1.Cl.Cl. The number of nitrogens with zero attached hydrogens (tertiary/aromatic N) is 3. The van der Waals surface area contributed by atoms with Crippen LogP contribution in [0.5, 0.6) is 0 Å². The van der Waals surface area contributed by atoms with Crippen molar-refractivity contribution >= 4 is 36.6 Å². The summed E-state index contributed by atoms with van der Waals surface area (Å²) in [5, 5.41) is 2.64. The number of benzene rings is 1. The van der Waals surface area contributed by atoms with Crippen LogP contribution in [0.2, 0.25) is 0 Å². The molecule has 0 aliphatic carbocycles. The summed E-state index contributed by atoms with van der Waals surface area (Å²) in [4.78, 5) is 32.6. The monoisotopic (exact) mass is 471 g/mol. The number of nitrogens with two attached hydrogens (primary N) is 1. The lowest BCUT2D eigenvalue weighted by Crippen LogP contribution is -2.52. The van der Waals surface area contributed by atoms with Crippen LogP contribution in [0.3, 0.4) is 0 Å². The molecule has 1 aliphatic rings. The number of hydrogen-bond donors (Lipinski definition) is 2. The molecule has 0 spiro atoms. The van der Waals surface area contributed by atoms with E-state index in [9.17, 15) is 9.59 Å². The fraction of sp³-hybridized carbons (Fsp3) is 0.476. The maximum Gasteiger partial charge on any atom is 0.242 e. The summed E-state index contributed by atoms with van der Waals surface area (Å²) in [5.41, 5.74) is 6.80. The molecule has 1 fully saturated rings. The molecule has 0 bridgehead atoms. The smallest absolute Gasteiger partial charge is 0.242 e. The summed E-state index contributed by atoms with van der Waals surface area (Å²) in [6.45, 7) is 7.02. The van der Waals surface area contributed by atoms with Gasteiger partial charge in [0.15, 0.2) is 5.76 Å². The van der Waals surface area contributed by atoms with Gasteiger partial charge in [-0.2, -0.15) is 0 Å². The van der Waals surface area contributed by atoms with E-state index >= 15 is 0 Å². The minimum Gasteiger partial charge on any atom is -0.439 e. The molecule has 1 aromatic heterocycles. The first-order valence-electron chi connectivity index (χ1n) is 9.97. The summed E-state index contributed by atoms with van der Waals surface area (Å²) in [6, 6.07) is 9.27. The Labute approximate surface area is 195 Å². The standard InChI is InChI=1S/C21H29N5O3.2ClH/c1-15(2)20(22)21(28)24-13-19(27)26-10-8-25(9-11-26)14-18-23-12-17(29-18)16-6-4-3-5-7-16;;/h3-7,12,15,20H,8-11,13-14,22H2,1-2H3,(H,24,28);2*1H/t20-;;/m0../s1. The predicted octanol–water partition coefficient (Wildman–Crippen LogP) is 1.93. The molecule has 1 aliphatic heterocycles. The zero-order valence-electron chi connectivity index (χ0n) is 17.8. The quantitative estimate of drug-likeness (QED) is 0.638. The highest BCUT2D eigenvalue weighted by molar-refractivity contribution is 5.87. The third-order valence-corrected chi connectivity index (χ3v) is 5.13. The van der Waals surface area contributed by atoms with Gasteiger partial charge in [0.25, 0.3) is 0 Å². The largest absolute Gasteiger partial charge is 0.439 e. The van der Waals surface area contributed by atoms with Crippen LogP contribution < -0.4 is 11.1 Å². The number of carbonyl (C=O) groups excluding carboxylic acids is 2. The van der Waals surface area contributed by atoms with Crippen molar-refractivity contribution in [3.8, 4) is 11.3 Å². The Morgan fingerprint density at radius 1 is 1.13 bits per heavy atom. The molecule has 0 radical (unpaired) electrons. The van der Waals surface area contributed by atoms with Crippen LogP contribution in [0.25, 0.3) is 11.3 Å². The predicted molar refractivity (Wildman–Crippen MR) is 124 cm³/mol. The van der Waals surface area contributed by atoms with Crippen molar-refractivity contribution in [2.45, 2.75) is 26.4 Å². The van der Waals surface area contributed by atoms with Gasteiger partial charge in [0.2, 0.25) is 17.7 Å². The molecule has 3 N–H and O–H groups in total. The van der Waals surface area contributed by atoms with Crippen LogP contribution in [0, 0.1) is 5.92 Å². The first-order valence-corrected chi connectivity index (χ1v) is 9.97. The zero-order valence-corrected chi connectivity index (χ0v) is 19.5. The molecule has 0 unspecified atom stereocenters. The molecule has 1 saturated heterocycles. The second-order valence-corrected chi connectivity index (χ2v) is 7.63. The van der Waals surface area contributed by atoms with E-state index in [0.29, 0.717) is 25.5 Å². The first kappa shape index (κ1) is 26.9. The number of halogens is 2. The molecule has 31 heavy (non-hydrogen) atoms. The van der Waals surface area contributed by atoms with Crippen molar-refractivity contribution in [2.75, 3.05) is 32.7 Å². The zero-order chi connectivity index (χ0) is 20.8. The minimum atomic E-state index is -0.596. The highest BCUT2D eigenvalue weighted by atomic mass is 35.5. The second kappa shape index (κ2) is 12.7. The van der Waals surface area contributed by atoms with E-state index in [-0.39, 0.29) is 49.1 Å². The van der Waals surface area contributed by atoms with Crippen molar-refractivity contribution in [3.05, 3.63) is 42.4 Å². The lowest BCUT2D eigenvalue weighted by atomic mass is 10.1. The molecule has 1 atom stereocenters. The van der Waals surface area contributed by atoms with Crippen molar-refractivity contribution in [3.63, 3.8) is 0 Å². The molecule has 1 aromatic carbocycles. The summed E-state index contributed by atoms with van der Waals surface area (Å²) >= 11 is 0. The summed E-state index contributed by atoms with van der Waals surface area (Å²) in [5.74, 6) is 1.08. The molecule has 3 rings (SSSR count). The van der Waals surface area contributed by atoms with E-state index in [4.69, 9.17) is 10.2 Å². The minimum absolute atomic E-state index is 0. The van der Waals surface area contributed by atoms with Crippen LogP contribution in [0.1, 0.15) is 19.7 Å². The van der Waals surface area contributed by atoms with Crippen molar-refractivity contribution < 1.29 is 14.0 Å². The molecule has 2 heterocycles. The molecular weight excluding hydrogens is 441 g/mol. The van der Waals surface area contributed by atoms with Crippen molar-refractivity contribution in [1.82, 2.24) is 20.1 Å². The number of oxazole rings is 1. The van der Waals surface area contributed by atoms with Gasteiger partial charge in [-0.3, -0.25) is 14.5 Å². The van der Waals surface area contributed by atoms with Gasteiger partial charge < -0.3 is 20.4 Å². The number of nitrogens with one attached hydrogen (secondary N) is 1. The molecule has 172 valence electrons. The Balaban J connectivity index is 0.00000240.